The molecule has 0 atom stereocenters. The van der Waals surface area contributed by atoms with E-state index in [9.17, 15) is 5.11 Å². The van der Waals surface area contributed by atoms with Gasteiger partial charge < -0.3 is 30.0 Å². The van der Waals surface area contributed by atoms with Gasteiger partial charge in [0, 0.05) is 13.2 Å². The summed E-state index contributed by atoms with van der Waals surface area (Å²) in [6.45, 7) is 8.28. The second-order valence-electron chi connectivity index (χ2n) is 5.40. The molecular weight excluding hydrogens is 251 g/mol. The fraction of sp³-hybridized carbons (Fsp3) is 1.00. The minimum Gasteiger partial charge on any atom is -0.402 e. The van der Waals surface area contributed by atoms with E-state index in [1.165, 1.54) is 0 Å². The van der Waals surface area contributed by atoms with Gasteiger partial charge in [-0.25, -0.2) is 0 Å². The van der Waals surface area contributed by atoms with E-state index in [0.717, 1.165) is 25.7 Å². The summed E-state index contributed by atoms with van der Waals surface area (Å²) in [4.78, 5) is 0. The Morgan fingerprint density at radius 3 is 1.68 bits per heavy atom. The lowest BCUT2D eigenvalue weighted by Crippen LogP contribution is -2.47. The van der Waals surface area contributed by atoms with Crippen molar-refractivity contribution >= 4 is 7.32 Å². The molecule has 0 spiro atoms. The van der Waals surface area contributed by atoms with Gasteiger partial charge in [-0.3, -0.25) is 0 Å². The topological polar surface area (TPSA) is 110 Å². The smallest absolute Gasteiger partial charge is 0.402 e. The maximum Gasteiger partial charge on any atom is 0.631 e. The van der Waals surface area contributed by atoms with Gasteiger partial charge in [-0.1, -0.05) is 12.8 Å². The van der Waals surface area contributed by atoms with Gasteiger partial charge in [0.15, 0.2) is 0 Å². The lowest BCUT2D eigenvalue weighted by Gasteiger charge is -2.37. The first kappa shape index (κ1) is 21.1. The molecule has 5 N–H and O–H groups in total. The third-order valence-electron chi connectivity index (χ3n) is 2.99. The summed E-state index contributed by atoms with van der Waals surface area (Å²) < 4.78 is 5.66. The number of aliphatic hydroxyl groups is 2. The van der Waals surface area contributed by atoms with Crippen LogP contribution in [0.4, 0.5) is 0 Å². The molecule has 0 unspecified atom stereocenters. The highest BCUT2D eigenvalue weighted by molar-refractivity contribution is 6.30. The SMILES string of the molecule is CC(C)(O)C(C)(C)OCCCCCCO.OB(O)O. The first-order valence-corrected chi connectivity index (χ1v) is 6.56. The van der Waals surface area contributed by atoms with Gasteiger partial charge in [0.2, 0.25) is 0 Å². The maximum atomic E-state index is 9.83. The molecule has 0 aliphatic carbocycles. The quantitative estimate of drug-likeness (QED) is 0.317. The van der Waals surface area contributed by atoms with E-state index in [1.54, 1.807) is 13.8 Å². The first-order valence-electron chi connectivity index (χ1n) is 6.56. The molecule has 0 aliphatic heterocycles. The van der Waals surface area contributed by atoms with Gasteiger partial charge in [-0.2, -0.15) is 0 Å². The van der Waals surface area contributed by atoms with Crippen molar-refractivity contribution in [3.8, 4) is 0 Å². The number of hydrogen-bond acceptors (Lipinski definition) is 6. The fourth-order valence-corrected chi connectivity index (χ4v) is 1.07. The molecule has 116 valence electrons. The van der Waals surface area contributed by atoms with Crippen LogP contribution in [0.1, 0.15) is 53.4 Å². The van der Waals surface area contributed by atoms with Gasteiger partial charge in [0.25, 0.3) is 0 Å². The second-order valence-corrected chi connectivity index (χ2v) is 5.40. The Morgan fingerprint density at radius 2 is 1.32 bits per heavy atom. The molecule has 0 aliphatic rings. The third kappa shape index (κ3) is 14.0. The fourth-order valence-electron chi connectivity index (χ4n) is 1.07. The summed E-state index contributed by atoms with van der Waals surface area (Å²) in [6, 6.07) is 0. The van der Waals surface area contributed by atoms with Crippen molar-refractivity contribution in [2.24, 2.45) is 0 Å². The van der Waals surface area contributed by atoms with Gasteiger partial charge in [-0.15, -0.1) is 0 Å². The van der Waals surface area contributed by atoms with Crippen LogP contribution in [0.15, 0.2) is 0 Å². The van der Waals surface area contributed by atoms with Crippen LogP contribution < -0.4 is 0 Å². The van der Waals surface area contributed by atoms with E-state index in [2.05, 4.69) is 0 Å². The number of hydrogen-bond donors (Lipinski definition) is 5. The minimum atomic E-state index is -2.17. The van der Waals surface area contributed by atoms with Crippen LogP contribution in [0.25, 0.3) is 0 Å². The van der Waals surface area contributed by atoms with Gasteiger partial charge in [0.05, 0.1) is 11.2 Å². The van der Waals surface area contributed by atoms with Crippen LogP contribution in [0.2, 0.25) is 0 Å². The van der Waals surface area contributed by atoms with Crippen molar-refractivity contribution in [2.75, 3.05) is 13.2 Å². The predicted molar refractivity (Wildman–Crippen MR) is 74.3 cm³/mol. The minimum absolute atomic E-state index is 0.274. The molecule has 0 saturated carbocycles. The zero-order chi connectivity index (χ0) is 15.5. The number of unbranched alkanes of at least 4 members (excludes halogenated alkanes) is 3. The molecule has 0 radical (unpaired) electrons. The number of ether oxygens (including phenoxy) is 1. The Balaban J connectivity index is 0. The largest absolute Gasteiger partial charge is 0.631 e. The van der Waals surface area contributed by atoms with Crippen molar-refractivity contribution in [1.82, 2.24) is 0 Å². The van der Waals surface area contributed by atoms with Gasteiger partial charge in [0.1, 0.15) is 0 Å². The molecule has 19 heavy (non-hydrogen) atoms. The van der Waals surface area contributed by atoms with Crippen molar-refractivity contribution < 1.29 is 30.0 Å². The van der Waals surface area contributed by atoms with Crippen LogP contribution in [-0.4, -0.2) is 57.0 Å². The average Bonchev–Trinajstić information content (AvgIpc) is 2.20. The molecule has 6 nitrogen and oxygen atoms in total. The molecule has 0 amide bonds. The lowest BCUT2D eigenvalue weighted by atomic mass is 9.89. The zero-order valence-electron chi connectivity index (χ0n) is 12.5. The highest BCUT2D eigenvalue weighted by Crippen LogP contribution is 2.25. The Labute approximate surface area is 116 Å². The molecule has 0 fully saturated rings. The highest BCUT2D eigenvalue weighted by atomic mass is 16.5. The maximum absolute atomic E-state index is 9.83. The molecule has 0 bridgehead atoms. The van der Waals surface area contributed by atoms with Crippen LogP contribution >= 0.6 is 0 Å². The Bertz CT molecular complexity index is 200. The molecule has 0 rings (SSSR count). The molecule has 0 aromatic rings. The van der Waals surface area contributed by atoms with Crippen molar-refractivity contribution in [3.63, 3.8) is 0 Å². The van der Waals surface area contributed by atoms with Gasteiger partial charge in [-0.05, 0) is 40.5 Å². The van der Waals surface area contributed by atoms with Crippen LogP contribution in [0.3, 0.4) is 0 Å². The standard InChI is InChI=1S/C12H26O3.BH3O3/c1-11(2,14)12(3,4)15-10-8-6-5-7-9-13;2-1(3)4/h13-14H,5-10H2,1-4H3;2-4H. The molecule has 7 heteroatoms. The van der Waals surface area contributed by atoms with Crippen LogP contribution in [0, 0.1) is 0 Å². The summed E-state index contributed by atoms with van der Waals surface area (Å²) in [5.41, 5.74) is -1.33. The summed E-state index contributed by atoms with van der Waals surface area (Å²) in [6.07, 6.45) is 3.97. The Kier molecular flexibility index (Phi) is 11.8. The second kappa shape index (κ2) is 10.6. The monoisotopic (exact) mass is 280 g/mol. The van der Waals surface area contributed by atoms with Crippen LogP contribution in [0.5, 0.6) is 0 Å². The van der Waals surface area contributed by atoms with E-state index < -0.39 is 18.5 Å². The Morgan fingerprint density at radius 1 is 0.895 bits per heavy atom. The van der Waals surface area contributed by atoms with Crippen molar-refractivity contribution in [2.45, 2.75) is 64.6 Å². The third-order valence-corrected chi connectivity index (χ3v) is 2.99. The molecule has 0 aromatic heterocycles. The molecular formula is C12H29BO6. The van der Waals surface area contributed by atoms with E-state index in [0.29, 0.717) is 6.61 Å². The Hall–Kier alpha value is -0.175. The summed E-state index contributed by atoms with van der Waals surface area (Å²) >= 11 is 0. The number of aliphatic hydroxyl groups excluding tert-OH is 1. The molecule has 0 saturated heterocycles. The lowest BCUT2D eigenvalue weighted by molar-refractivity contribution is -0.147. The first-order chi connectivity index (χ1) is 8.54. The average molecular weight is 280 g/mol. The van der Waals surface area contributed by atoms with Crippen molar-refractivity contribution in [1.29, 1.82) is 0 Å². The van der Waals surface area contributed by atoms with E-state index >= 15 is 0 Å². The highest BCUT2D eigenvalue weighted by Gasteiger charge is 2.35. The van der Waals surface area contributed by atoms with Crippen LogP contribution in [-0.2, 0) is 4.74 Å². The zero-order valence-corrected chi connectivity index (χ0v) is 12.5. The number of rotatable bonds is 8. The van der Waals surface area contributed by atoms with E-state index in [4.69, 9.17) is 24.9 Å². The van der Waals surface area contributed by atoms with Crippen molar-refractivity contribution in [3.05, 3.63) is 0 Å². The predicted octanol–water partition coefficient (Wildman–Crippen LogP) is 0.0534. The normalized spacial score (nSPS) is 11.8. The summed E-state index contributed by atoms with van der Waals surface area (Å²) in [5.74, 6) is 0. The summed E-state index contributed by atoms with van der Waals surface area (Å²) in [7, 11) is -2.17. The van der Waals surface area contributed by atoms with Gasteiger partial charge >= 0.3 is 7.32 Å². The van der Waals surface area contributed by atoms with E-state index in [-0.39, 0.29) is 6.61 Å². The summed E-state index contributed by atoms with van der Waals surface area (Å²) in [5, 5.41) is 39.9. The molecule has 0 aromatic carbocycles. The van der Waals surface area contributed by atoms with E-state index in [1.807, 2.05) is 13.8 Å². The molecule has 0 heterocycles.